The molecule has 0 unspecified atom stereocenters. The van der Waals surface area contributed by atoms with E-state index < -0.39 is 7.26 Å². The molecule has 0 spiro atoms. The van der Waals surface area contributed by atoms with E-state index in [4.69, 9.17) is 0 Å². The van der Waals surface area contributed by atoms with Crippen LogP contribution in [0.4, 0.5) is 0 Å². The maximum atomic E-state index is 2.38. The zero-order valence-corrected chi connectivity index (χ0v) is 16.9. The summed E-state index contributed by atoms with van der Waals surface area (Å²) in [6, 6.07) is 9.36. The summed E-state index contributed by atoms with van der Waals surface area (Å²) in [6.07, 6.45) is 14.3. The van der Waals surface area contributed by atoms with Gasteiger partial charge < -0.3 is 12.4 Å². The first kappa shape index (κ1) is 21.9. The molecule has 0 amide bonds. The topological polar surface area (TPSA) is 0 Å². The van der Waals surface area contributed by atoms with Crippen molar-refractivity contribution in [3.05, 3.63) is 35.4 Å². The van der Waals surface area contributed by atoms with Crippen molar-refractivity contribution in [1.82, 2.24) is 0 Å². The van der Waals surface area contributed by atoms with Crippen LogP contribution in [0.3, 0.4) is 0 Å². The molecule has 0 atom stereocenters. The minimum atomic E-state index is -0.783. The first-order chi connectivity index (χ1) is 10.2. The Hall–Kier alpha value is -0.0600. The number of halogens is 1. The molecule has 128 valence electrons. The van der Waals surface area contributed by atoms with Crippen LogP contribution in [0.1, 0.15) is 70.4 Å². The fraction of sp³-hybridized carbons (Fsp3) is 0.700. The SMILES string of the molecule is CCCC[P+](CCCC)(CCCC)Cc1ccc(C)cc1.[Cl-]. The van der Waals surface area contributed by atoms with E-state index in [2.05, 4.69) is 52.0 Å². The minimum Gasteiger partial charge on any atom is -1.00 e. The summed E-state index contributed by atoms with van der Waals surface area (Å²) in [7, 11) is -0.783. The van der Waals surface area contributed by atoms with Crippen LogP contribution in [0.15, 0.2) is 24.3 Å². The van der Waals surface area contributed by atoms with Crippen molar-refractivity contribution in [2.75, 3.05) is 18.5 Å². The highest BCUT2D eigenvalue weighted by Crippen LogP contribution is 2.63. The largest absolute Gasteiger partial charge is 1.00 e. The molecule has 0 N–H and O–H groups in total. The third-order valence-electron chi connectivity index (χ3n) is 4.60. The first-order valence-electron chi connectivity index (χ1n) is 9.06. The van der Waals surface area contributed by atoms with Gasteiger partial charge in [0.2, 0.25) is 0 Å². The molecule has 0 saturated carbocycles. The third kappa shape index (κ3) is 7.98. The minimum absolute atomic E-state index is 0. The molecular formula is C20H36ClP. The number of rotatable bonds is 11. The zero-order chi connectivity index (χ0) is 15.6. The van der Waals surface area contributed by atoms with Crippen molar-refractivity contribution in [2.45, 2.75) is 72.4 Å². The molecule has 0 bridgehead atoms. The molecule has 2 heteroatoms. The van der Waals surface area contributed by atoms with Crippen LogP contribution >= 0.6 is 7.26 Å². The molecule has 0 heterocycles. The van der Waals surface area contributed by atoms with Gasteiger partial charge in [0.15, 0.2) is 0 Å². The Balaban J connectivity index is 0.00000441. The summed E-state index contributed by atoms with van der Waals surface area (Å²) < 4.78 is 0. The van der Waals surface area contributed by atoms with Crippen LogP contribution in [0, 0.1) is 6.92 Å². The zero-order valence-electron chi connectivity index (χ0n) is 15.2. The lowest BCUT2D eigenvalue weighted by Gasteiger charge is -2.28. The van der Waals surface area contributed by atoms with Crippen LogP contribution in [-0.4, -0.2) is 18.5 Å². The van der Waals surface area contributed by atoms with Crippen molar-refractivity contribution in [3.63, 3.8) is 0 Å². The quantitative estimate of drug-likeness (QED) is 0.535. The van der Waals surface area contributed by atoms with Gasteiger partial charge in [-0.3, -0.25) is 0 Å². The highest BCUT2D eigenvalue weighted by Gasteiger charge is 2.35. The Morgan fingerprint density at radius 2 is 1.14 bits per heavy atom. The Labute approximate surface area is 146 Å². The van der Waals surface area contributed by atoms with Crippen molar-refractivity contribution in [1.29, 1.82) is 0 Å². The second-order valence-corrected chi connectivity index (χ2v) is 11.1. The molecular weight excluding hydrogens is 307 g/mol. The van der Waals surface area contributed by atoms with E-state index in [0.717, 1.165) is 0 Å². The second kappa shape index (κ2) is 12.4. The highest BCUT2D eigenvalue weighted by atomic mass is 35.5. The van der Waals surface area contributed by atoms with E-state index in [0.29, 0.717) is 0 Å². The normalized spacial score (nSPS) is 11.3. The molecule has 1 aromatic rings. The average Bonchev–Trinajstić information content (AvgIpc) is 2.51. The molecule has 0 nitrogen and oxygen atoms in total. The van der Waals surface area contributed by atoms with E-state index in [9.17, 15) is 0 Å². The fourth-order valence-corrected chi connectivity index (χ4v) is 8.23. The van der Waals surface area contributed by atoms with Gasteiger partial charge >= 0.3 is 0 Å². The number of aryl methyl sites for hydroxylation is 1. The molecule has 0 aliphatic carbocycles. The van der Waals surface area contributed by atoms with Crippen LogP contribution in [0.5, 0.6) is 0 Å². The van der Waals surface area contributed by atoms with Gasteiger partial charge in [0, 0.05) is 7.26 Å². The Bertz CT molecular complexity index is 350. The van der Waals surface area contributed by atoms with Gasteiger partial charge in [0.05, 0.1) is 24.6 Å². The maximum Gasteiger partial charge on any atom is 0.0842 e. The number of hydrogen-bond acceptors (Lipinski definition) is 0. The van der Waals surface area contributed by atoms with Crippen LogP contribution < -0.4 is 12.4 Å². The van der Waals surface area contributed by atoms with Gasteiger partial charge in [-0.15, -0.1) is 0 Å². The summed E-state index contributed by atoms with van der Waals surface area (Å²) >= 11 is 0. The van der Waals surface area contributed by atoms with Gasteiger partial charge in [0.25, 0.3) is 0 Å². The molecule has 0 radical (unpaired) electrons. The molecule has 1 aromatic carbocycles. The Morgan fingerprint density at radius 3 is 1.50 bits per heavy atom. The lowest BCUT2D eigenvalue weighted by Crippen LogP contribution is -3.00. The Morgan fingerprint density at radius 1 is 0.727 bits per heavy atom. The average molecular weight is 343 g/mol. The van der Waals surface area contributed by atoms with E-state index in [1.807, 2.05) is 0 Å². The second-order valence-electron chi connectivity index (χ2n) is 6.72. The van der Waals surface area contributed by atoms with Crippen molar-refractivity contribution in [2.24, 2.45) is 0 Å². The Kier molecular flexibility index (Phi) is 12.3. The number of hydrogen-bond donors (Lipinski definition) is 0. The summed E-state index contributed by atoms with van der Waals surface area (Å²) in [5.74, 6) is 0. The number of benzene rings is 1. The van der Waals surface area contributed by atoms with Gasteiger partial charge in [0.1, 0.15) is 0 Å². The van der Waals surface area contributed by atoms with Crippen LogP contribution in [0.2, 0.25) is 0 Å². The van der Waals surface area contributed by atoms with E-state index >= 15 is 0 Å². The van der Waals surface area contributed by atoms with Crippen molar-refractivity contribution in [3.8, 4) is 0 Å². The third-order valence-corrected chi connectivity index (χ3v) is 9.43. The maximum absolute atomic E-state index is 2.38. The first-order valence-corrected chi connectivity index (χ1v) is 11.6. The summed E-state index contributed by atoms with van der Waals surface area (Å²) in [5, 5.41) is 0. The highest BCUT2D eigenvalue weighted by molar-refractivity contribution is 7.75. The van der Waals surface area contributed by atoms with E-state index in [1.165, 1.54) is 68.7 Å². The smallest absolute Gasteiger partial charge is 0.0842 e. The monoisotopic (exact) mass is 342 g/mol. The molecule has 0 saturated heterocycles. The van der Waals surface area contributed by atoms with E-state index in [1.54, 1.807) is 5.56 Å². The van der Waals surface area contributed by atoms with Gasteiger partial charge in [-0.05, 0) is 31.7 Å². The van der Waals surface area contributed by atoms with Gasteiger partial charge in [-0.1, -0.05) is 69.9 Å². The molecule has 0 aliphatic rings. The fourth-order valence-electron chi connectivity index (χ4n) is 3.13. The van der Waals surface area contributed by atoms with Crippen LogP contribution in [-0.2, 0) is 6.16 Å². The summed E-state index contributed by atoms with van der Waals surface area (Å²) in [4.78, 5) is 0. The molecule has 1 rings (SSSR count). The molecule has 22 heavy (non-hydrogen) atoms. The summed E-state index contributed by atoms with van der Waals surface area (Å²) in [6.45, 7) is 9.23. The lowest BCUT2D eigenvalue weighted by molar-refractivity contribution is -0.00000481. The van der Waals surface area contributed by atoms with Gasteiger partial charge in [-0.2, -0.15) is 0 Å². The van der Waals surface area contributed by atoms with Crippen molar-refractivity contribution < 1.29 is 12.4 Å². The predicted molar refractivity (Wildman–Crippen MR) is 101 cm³/mol. The molecule has 0 fully saturated rings. The molecule has 0 aromatic heterocycles. The van der Waals surface area contributed by atoms with Crippen molar-refractivity contribution >= 4 is 7.26 Å². The predicted octanol–water partition coefficient (Wildman–Crippen LogP) is 3.92. The van der Waals surface area contributed by atoms with E-state index in [-0.39, 0.29) is 12.4 Å². The molecule has 0 aliphatic heterocycles. The lowest BCUT2D eigenvalue weighted by atomic mass is 10.2. The summed E-state index contributed by atoms with van der Waals surface area (Å²) in [5.41, 5.74) is 2.98. The van der Waals surface area contributed by atoms with Crippen LogP contribution in [0.25, 0.3) is 0 Å². The number of unbranched alkanes of at least 4 members (excludes halogenated alkanes) is 3. The van der Waals surface area contributed by atoms with Gasteiger partial charge in [-0.25, -0.2) is 0 Å². The standard InChI is InChI=1S/C20H36P.ClH/c1-5-8-15-21(16-9-6-2,17-10-7-3)18-20-13-11-19(4)12-14-20;/h11-14H,5-10,15-18H2,1-4H3;1H/q+1;/p-1.